The second-order valence-electron chi connectivity index (χ2n) is 5.79. The Morgan fingerprint density at radius 1 is 1.25 bits per heavy atom. The lowest BCUT2D eigenvalue weighted by Crippen LogP contribution is -2.26. The number of nitrogens with zero attached hydrogens (tertiary/aromatic N) is 3. The summed E-state index contributed by atoms with van der Waals surface area (Å²) in [5, 5.41) is 0. The number of fused-ring (bicyclic) bond motifs is 1. The molecule has 5 nitrogen and oxygen atoms in total. The highest BCUT2D eigenvalue weighted by Crippen LogP contribution is 2.16. The molecule has 3 rings (SSSR count). The molecule has 0 aliphatic rings. The number of ether oxygens (including phenoxy) is 1. The van der Waals surface area contributed by atoms with Crippen LogP contribution in [0.5, 0.6) is 5.75 Å². The first kappa shape index (κ1) is 16.1. The number of amides is 1. The maximum atomic E-state index is 12.1. The van der Waals surface area contributed by atoms with E-state index in [0.29, 0.717) is 18.7 Å². The summed E-state index contributed by atoms with van der Waals surface area (Å²) in [6, 6.07) is 11.2. The average Bonchev–Trinajstić information content (AvgIpc) is 3.03. The first-order chi connectivity index (χ1) is 11.6. The quantitative estimate of drug-likeness (QED) is 0.724. The number of benzene rings is 1. The van der Waals surface area contributed by atoms with Crippen molar-refractivity contribution in [1.82, 2.24) is 14.3 Å². The first-order valence-corrected chi connectivity index (χ1v) is 8.00. The van der Waals surface area contributed by atoms with Crippen molar-refractivity contribution in [1.29, 1.82) is 0 Å². The third kappa shape index (κ3) is 3.25. The predicted molar refractivity (Wildman–Crippen MR) is 93.3 cm³/mol. The molecule has 1 amide bonds. The van der Waals surface area contributed by atoms with Crippen LogP contribution < -0.4 is 4.74 Å². The Balaban J connectivity index is 1.68. The predicted octanol–water partition coefficient (Wildman–Crippen LogP) is 3.31. The van der Waals surface area contributed by atoms with E-state index in [1.165, 1.54) is 0 Å². The van der Waals surface area contributed by atoms with Crippen LogP contribution in [-0.4, -0.2) is 33.8 Å². The van der Waals surface area contributed by atoms with Crippen LogP contribution in [0, 0.1) is 6.92 Å². The number of aryl methyl sites for hydroxylation is 1. The number of imidazole rings is 1. The fourth-order valence-electron chi connectivity index (χ4n) is 2.49. The average molecular weight is 323 g/mol. The summed E-state index contributed by atoms with van der Waals surface area (Å²) in [5.74, 6) is 0.736. The molecule has 0 saturated heterocycles. The lowest BCUT2D eigenvalue weighted by molar-refractivity contribution is 0.0802. The van der Waals surface area contributed by atoms with Gasteiger partial charge < -0.3 is 14.0 Å². The van der Waals surface area contributed by atoms with Gasteiger partial charge in [0.25, 0.3) is 5.91 Å². The van der Waals surface area contributed by atoms with Crippen molar-refractivity contribution >= 4 is 11.6 Å². The van der Waals surface area contributed by atoms with Gasteiger partial charge in [-0.3, -0.25) is 4.79 Å². The van der Waals surface area contributed by atoms with Gasteiger partial charge in [0.1, 0.15) is 18.0 Å². The number of pyridine rings is 1. The molecule has 0 saturated carbocycles. The maximum Gasteiger partial charge on any atom is 0.253 e. The van der Waals surface area contributed by atoms with Gasteiger partial charge in [-0.1, -0.05) is 6.07 Å². The fourth-order valence-corrected chi connectivity index (χ4v) is 2.49. The molecule has 0 bridgehead atoms. The highest BCUT2D eigenvalue weighted by atomic mass is 16.5. The van der Waals surface area contributed by atoms with Gasteiger partial charge in [0.2, 0.25) is 0 Å². The van der Waals surface area contributed by atoms with Crippen LogP contribution >= 0.6 is 0 Å². The summed E-state index contributed by atoms with van der Waals surface area (Å²) < 4.78 is 7.78. The van der Waals surface area contributed by atoms with Crippen molar-refractivity contribution < 1.29 is 9.53 Å². The molecule has 0 atom stereocenters. The van der Waals surface area contributed by atoms with Gasteiger partial charge in [-0.25, -0.2) is 4.98 Å². The highest BCUT2D eigenvalue weighted by Gasteiger charge is 2.10. The molecule has 0 aliphatic carbocycles. The Labute approximate surface area is 141 Å². The van der Waals surface area contributed by atoms with E-state index >= 15 is 0 Å². The fraction of sp³-hybridized carbons (Fsp3) is 0.263. The molecular formula is C19H21N3O2. The molecule has 24 heavy (non-hydrogen) atoms. The number of carbonyl (C=O) groups is 1. The molecule has 0 fully saturated rings. The lowest BCUT2D eigenvalue weighted by Gasteiger charge is -2.14. The molecule has 124 valence electrons. The molecule has 1 aromatic carbocycles. The highest BCUT2D eigenvalue weighted by molar-refractivity contribution is 5.94. The summed E-state index contributed by atoms with van der Waals surface area (Å²) in [5.41, 5.74) is 3.61. The van der Waals surface area contributed by atoms with Crippen LogP contribution in [0.25, 0.3) is 5.65 Å². The van der Waals surface area contributed by atoms with E-state index in [4.69, 9.17) is 4.74 Å². The van der Waals surface area contributed by atoms with Crippen molar-refractivity contribution in [3.8, 4) is 5.75 Å². The topological polar surface area (TPSA) is 46.8 Å². The smallest absolute Gasteiger partial charge is 0.253 e. The zero-order chi connectivity index (χ0) is 17.1. The van der Waals surface area contributed by atoms with Gasteiger partial charge in [-0.15, -0.1) is 0 Å². The number of hydrogen-bond donors (Lipinski definition) is 0. The monoisotopic (exact) mass is 323 g/mol. The zero-order valence-electron chi connectivity index (χ0n) is 14.2. The van der Waals surface area contributed by atoms with Gasteiger partial charge in [-0.05, 0) is 49.7 Å². The number of rotatable bonds is 5. The number of aromatic nitrogens is 2. The van der Waals surface area contributed by atoms with E-state index in [2.05, 4.69) is 4.98 Å². The molecule has 3 aromatic rings. The van der Waals surface area contributed by atoms with Gasteiger partial charge in [-0.2, -0.15) is 0 Å². The minimum absolute atomic E-state index is 0.0138. The Morgan fingerprint density at radius 2 is 2.00 bits per heavy atom. The summed E-state index contributed by atoms with van der Waals surface area (Å²) in [4.78, 5) is 18.3. The van der Waals surface area contributed by atoms with Gasteiger partial charge in [0.05, 0.1) is 5.69 Å². The zero-order valence-corrected chi connectivity index (χ0v) is 14.2. The molecule has 0 unspecified atom stereocenters. The third-order valence-electron chi connectivity index (χ3n) is 4.04. The molecule has 2 heterocycles. The minimum atomic E-state index is 0.0138. The molecule has 5 heteroatoms. The van der Waals surface area contributed by atoms with Gasteiger partial charge in [0, 0.05) is 31.5 Å². The van der Waals surface area contributed by atoms with Crippen LogP contribution in [0.4, 0.5) is 0 Å². The second kappa shape index (κ2) is 6.74. The Kier molecular flexibility index (Phi) is 4.51. The van der Waals surface area contributed by atoms with Crippen LogP contribution in [0.15, 0.2) is 48.8 Å². The molecule has 0 spiro atoms. The summed E-state index contributed by atoms with van der Waals surface area (Å²) in [6.45, 7) is 5.07. The standard InChI is InChI=1S/C19H21N3O2/c1-4-21(3)19(23)15-7-9-17(10-8-15)24-13-16-12-22-11-5-6-14(2)18(22)20-16/h5-12H,4,13H2,1-3H3. The largest absolute Gasteiger partial charge is 0.487 e. The van der Waals surface area contributed by atoms with E-state index in [-0.39, 0.29) is 5.91 Å². The van der Waals surface area contributed by atoms with Crippen LogP contribution in [0.3, 0.4) is 0 Å². The van der Waals surface area contributed by atoms with Crippen LogP contribution in [0.1, 0.15) is 28.5 Å². The minimum Gasteiger partial charge on any atom is -0.487 e. The van der Waals surface area contributed by atoms with E-state index in [0.717, 1.165) is 22.7 Å². The maximum absolute atomic E-state index is 12.1. The molecule has 0 radical (unpaired) electrons. The first-order valence-electron chi connectivity index (χ1n) is 8.00. The van der Waals surface area contributed by atoms with E-state index < -0.39 is 0 Å². The molecule has 0 N–H and O–H groups in total. The van der Waals surface area contributed by atoms with Crippen molar-refractivity contribution in [2.45, 2.75) is 20.5 Å². The van der Waals surface area contributed by atoms with Gasteiger partial charge >= 0.3 is 0 Å². The molecule has 2 aromatic heterocycles. The van der Waals surface area contributed by atoms with E-state index in [1.807, 2.05) is 54.9 Å². The SMILES string of the molecule is CCN(C)C(=O)c1ccc(OCc2cn3cccc(C)c3n2)cc1. The molecular weight excluding hydrogens is 302 g/mol. The Bertz CT molecular complexity index is 853. The van der Waals surface area contributed by atoms with Crippen molar-refractivity contribution in [3.05, 3.63) is 65.6 Å². The van der Waals surface area contributed by atoms with Crippen LogP contribution in [0.2, 0.25) is 0 Å². The van der Waals surface area contributed by atoms with E-state index in [9.17, 15) is 4.79 Å². The summed E-state index contributed by atoms with van der Waals surface area (Å²) in [6.07, 6.45) is 3.94. The number of carbonyl (C=O) groups excluding carboxylic acids is 1. The van der Waals surface area contributed by atoms with Crippen LogP contribution in [-0.2, 0) is 6.61 Å². The van der Waals surface area contributed by atoms with Crippen molar-refractivity contribution in [2.75, 3.05) is 13.6 Å². The molecule has 0 aliphatic heterocycles. The lowest BCUT2D eigenvalue weighted by atomic mass is 10.2. The number of hydrogen-bond acceptors (Lipinski definition) is 3. The normalized spacial score (nSPS) is 10.8. The third-order valence-corrected chi connectivity index (χ3v) is 4.04. The second-order valence-corrected chi connectivity index (χ2v) is 5.79. The van der Waals surface area contributed by atoms with Crippen molar-refractivity contribution in [3.63, 3.8) is 0 Å². The van der Waals surface area contributed by atoms with E-state index in [1.54, 1.807) is 24.1 Å². The summed E-state index contributed by atoms with van der Waals surface area (Å²) in [7, 11) is 1.79. The van der Waals surface area contributed by atoms with Crippen molar-refractivity contribution in [2.24, 2.45) is 0 Å². The Hall–Kier alpha value is -2.82. The van der Waals surface area contributed by atoms with Gasteiger partial charge in [0.15, 0.2) is 0 Å². The summed E-state index contributed by atoms with van der Waals surface area (Å²) >= 11 is 0. The Morgan fingerprint density at radius 3 is 2.67 bits per heavy atom.